The van der Waals surface area contributed by atoms with Crippen molar-refractivity contribution in [3.8, 4) is 0 Å². The maximum atomic E-state index is 12.9. The van der Waals surface area contributed by atoms with Crippen molar-refractivity contribution >= 4 is 28.8 Å². The summed E-state index contributed by atoms with van der Waals surface area (Å²) in [5.41, 5.74) is 3.40. The number of carbonyl (C=O) groups excluding carboxylic acids is 2. The summed E-state index contributed by atoms with van der Waals surface area (Å²) in [7, 11) is 0. The molecule has 1 aliphatic heterocycles. The van der Waals surface area contributed by atoms with Gasteiger partial charge in [0.2, 0.25) is 5.91 Å². The number of thiophene rings is 1. The van der Waals surface area contributed by atoms with Crippen LogP contribution in [0.4, 0.5) is 5.69 Å². The quantitative estimate of drug-likeness (QED) is 0.724. The highest BCUT2D eigenvalue weighted by Crippen LogP contribution is 2.30. The monoisotopic (exact) mass is 398 g/mol. The van der Waals surface area contributed by atoms with Gasteiger partial charge in [-0.2, -0.15) is 0 Å². The lowest BCUT2D eigenvalue weighted by molar-refractivity contribution is -0.121. The third-order valence-electron chi connectivity index (χ3n) is 5.51. The molecule has 1 saturated heterocycles. The van der Waals surface area contributed by atoms with Gasteiger partial charge in [-0.3, -0.25) is 9.59 Å². The molecule has 3 rings (SSSR count). The summed E-state index contributed by atoms with van der Waals surface area (Å²) < 4.78 is 0. The Morgan fingerprint density at radius 2 is 1.79 bits per heavy atom. The fourth-order valence-electron chi connectivity index (χ4n) is 3.67. The van der Waals surface area contributed by atoms with Crippen molar-refractivity contribution in [2.45, 2.75) is 52.4 Å². The van der Waals surface area contributed by atoms with Crippen LogP contribution in [-0.2, 0) is 4.79 Å². The molecule has 0 radical (unpaired) electrons. The number of nitrogens with zero attached hydrogens (tertiary/aromatic N) is 1. The Morgan fingerprint density at radius 1 is 1.07 bits per heavy atom. The molecule has 4 nitrogen and oxygen atoms in total. The van der Waals surface area contributed by atoms with Crippen molar-refractivity contribution in [2.24, 2.45) is 5.92 Å². The van der Waals surface area contributed by atoms with Crippen LogP contribution in [0.2, 0.25) is 0 Å². The average molecular weight is 399 g/mol. The van der Waals surface area contributed by atoms with Crippen LogP contribution in [-0.4, -0.2) is 29.8 Å². The Balaban J connectivity index is 1.62. The second-order valence-corrected chi connectivity index (χ2v) is 9.14. The lowest BCUT2D eigenvalue weighted by Gasteiger charge is -2.31. The van der Waals surface area contributed by atoms with Gasteiger partial charge >= 0.3 is 0 Å². The maximum absolute atomic E-state index is 12.9. The Morgan fingerprint density at radius 3 is 2.36 bits per heavy atom. The van der Waals surface area contributed by atoms with Gasteiger partial charge in [-0.25, -0.2) is 0 Å². The molecule has 0 aliphatic carbocycles. The minimum atomic E-state index is -0.0443. The molecule has 0 spiro atoms. The smallest absolute Gasteiger partial charge is 0.263 e. The van der Waals surface area contributed by atoms with E-state index in [1.165, 1.54) is 22.5 Å². The lowest BCUT2D eigenvalue weighted by atomic mass is 9.92. The maximum Gasteiger partial charge on any atom is 0.263 e. The van der Waals surface area contributed by atoms with E-state index in [0.29, 0.717) is 37.8 Å². The molecule has 2 amide bonds. The van der Waals surface area contributed by atoms with Crippen LogP contribution in [0, 0.1) is 5.92 Å². The number of rotatable bonds is 5. The summed E-state index contributed by atoms with van der Waals surface area (Å²) in [4.78, 5) is 28.0. The number of carbonyl (C=O) groups is 2. The van der Waals surface area contributed by atoms with Gasteiger partial charge in [0.1, 0.15) is 0 Å². The van der Waals surface area contributed by atoms with E-state index in [1.54, 1.807) is 0 Å². The van der Waals surface area contributed by atoms with Crippen molar-refractivity contribution in [1.82, 2.24) is 4.90 Å². The molecule has 0 unspecified atom stereocenters. The zero-order valence-electron chi connectivity index (χ0n) is 17.2. The zero-order chi connectivity index (χ0) is 20.3. The van der Waals surface area contributed by atoms with Crippen molar-refractivity contribution < 1.29 is 9.59 Å². The standard InChI is InChI=1S/C23H30N2O2S/c1-15(2)18-7-8-20(19(14-18)16(3)4)24-22(26)17-9-11-25(12-10-17)23(27)21-6-5-13-28-21/h5-8,13-17H,9-12H2,1-4H3,(H,24,26). The van der Waals surface area contributed by atoms with Crippen molar-refractivity contribution in [1.29, 1.82) is 0 Å². The van der Waals surface area contributed by atoms with Crippen LogP contribution in [0.1, 0.15) is 73.2 Å². The van der Waals surface area contributed by atoms with Gasteiger partial charge in [0.25, 0.3) is 5.91 Å². The third-order valence-corrected chi connectivity index (χ3v) is 6.36. The second kappa shape index (κ2) is 8.91. The summed E-state index contributed by atoms with van der Waals surface area (Å²) in [6.45, 7) is 9.95. The van der Waals surface area contributed by atoms with E-state index < -0.39 is 0 Å². The molecule has 0 saturated carbocycles. The number of amides is 2. The van der Waals surface area contributed by atoms with E-state index in [-0.39, 0.29) is 17.7 Å². The van der Waals surface area contributed by atoms with Crippen LogP contribution in [0.25, 0.3) is 0 Å². The average Bonchev–Trinajstić information content (AvgIpc) is 3.22. The number of benzene rings is 1. The molecule has 1 aromatic heterocycles. The number of likely N-dealkylation sites (tertiary alicyclic amines) is 1. The Labute approximate surface area is 172 Å². The largest absolute Gasteiger partial charge is 0.338 e. The van der Waals surface area contributed by atoms with Gasteiger partial charge in [-0.15, -0.1) is 11.3 Å². The van der Waals surface area contributed by atoms with Crippen LogP contribution >= 0.6 is 11.3 Å². The number of nitrogens with one attached hydrogen (secondary N) is 1. The zero-order valence-corrected chi connectivity index (χ0v) is 18.0. The minimum absolute atomic E-state index is 0.0443. The van der Waals surface area contributed by atoms with Crippen LogP contribution in [0.5, 0.6) is 0 Å². The molecule has 1 aromatic carbocycles. The Bertz CT molecular complexity index is 819. The van der Waals surface area contributed by atoms with Gasteiger partial charge in [0.15, 0.2) is 0 Å². The molecule has 2 aromatic rings. The number of anilines is 1. The van der Waals surface area contributed by atoms with E-state index in [2.05, 4.69) is 45.1 Å². The summed E-state index contributed by atoms with van der Waals surface area (Å²) in [5.74, 6) is 0.923. The molecule has 1 fully saturated rings. The van der Waals surface area contributed by atoms with Gasteiger partial charge in [-0.05, 0) is 53.3 Å². The summed E-state index contributed by atoms with van der Waals surface area (Å²) in [5, 5.41) is 5.08. The molecule has 0 atom stereocenters. The third kappa shape index (κ3) is 4.64. The predicted octanol–water partition coefficient (Wildman–Crippen LogP) is 5.49. The Kier molecular flexibility index (Phi) is 6.55. The van der Waals surface area contributed by atoms with Crippen molar-refractivity contribution in [3.63, 3.8) is 0 Å². The molecule has 1 N–H and O–H groups in total. The summed E-state index contributed by atoms with van der Waals surface area (Å²) in [6.07, 6.45) is 1.42. The van der Waals surface area contributed by atoms with E-state index in [4.69, 9.17) is 0 Å². The van der Waals surface area contributed by atoms with Crippen LogP contribution < -0.4 is 5.32 Å². The fourth-order valence-corrected chi connectivity index (χ4v) is 4.36. The number of hydrogen-bond donors (Lipinski definition) is 1. The molecule has 5 heteroatoms. The highest BCUT2D eigenvalue weighted by Gasteiger charge is 2.28. The van der Waals surface area contributed by atoms with E-state index in [1.807, 2.05) is 28.5 Å². The van der Waals surface area contributed by atoms with Crippen molar-refractivity contribution in [2.75, 3.05) is 18.4 Å². The molecule has 0 bridgehead atoms. The van der Waals surface area contributed by atoms with Gasteiger partial charge < -0.3 is 10.2 Å². The first-order valence-electron chi connectivity index (χ1n) is 10.1. The predicted molar refractivity (Wildman–Crippen MR) is 116 cm³/mol. The highest BCUT2D eigenvalue weighted by molar-refractivity contribution is 7.12. The van der Waals surface area contributed by atoms with E-state index >= 15 is 0 Å². The molecule has 150 valence electrons. The summed E-state index contributed by atoms with van der Waals surface area (Å²) in [6, 6.07) is 10.1. The van der Waals surface area contributed by atoms with Gasteiger partial charge in [0, 0.05) is 24.7 Å². The highest BCUT2D eigenvalue weighted by atomic mass is 32.1. The van der Waals surface area contributed by atoms with Crippen molar-refractivity contribution in [3.05, 3.63) is 51.7 Å². The van der Waals surface area contributed by atoms with Gasteiger partial charge in [0.05, 0.1) is 4.88 Å². The first kappa shape index (κ1) is 20.6. The lowest BCUT2D eigenvalue weighted by Crippen LogP contribution is -2.41. The molecular formula is C23H30N2O2S. The molecule has 2 heterocycles. The van der Waals surface area contributed by atoms with Crippen LogP contribution in [0.3, 0.4) is 0 Å². The second-order valence-electron chi connectivity index (χ2n) is 8.19. The van der Waals surface area contributed by atoms with E-state index in [0.717, 1.165) is 10.6 Å². The first-order chi connectivity index (χ1) is 13.4. The first-order valence-corrected chi connectivity index (χ1v) is 11.0. The molecule has 28 heavy (non-hydrogen) atoms. The molecule has 1 aliphatic rings. The van der Waals surface area contributed by atoms with E-state index in [9.17, 15) is 9.59 Å². The number of hydrogen-bond acceptors (Lipinski definition) is 3. The minimum Gasteiger partial charge on any atom is -0.338 e. The van der Waals surface area contributed by atoms with Gasteiger partial charge in [-0.1, -0.05) is 45.9 Å². The fraction of sp³-hybridized carbons (Fsp3) is 0.478. The topological polar surface area (TPSA) is 49.4 Å². The summed E-state index contributed by atoms with van der Waals surface area (Å²) >= 11 is 1.47. The normalized spacial score (nSPS) is 15.3. The molecular weight excluding hydrogens is 368 g/mol. The Hall–Kier alpha value is -2.14. The SMILES string of the molecule is CC(C)c1ccc(NC(=O)C2CCN(C(=O)c3cccs3)CC2)c(C(C)C)c1. The van der Waals surface area contributed by atoms with Crippen LogP contribution in [0.15, 0.2) is 35.7 Å². The number of piperidine rings is 1.